The van der Waals surface area contributed by atoms with E-state index >= 15 is 0 Å². The average Bonchev–Trinajstić information content (AvgIpc) is 4.06. The highest BCUT2D eigenvalue weighted by Crippen LogP contribution is 2.23. The van der Waals surface area contributed by atoms with E-state index in [-0.39, 0.29) is 0 Å². The number of aromatic nitrogens is 14. The molecule has 0 amide bonds. The van der Waals surface area contributed by atoms with Crippen LogP contribution in [0.2, 0.25) is 0 Å². The Hall–Kier alpha value is -7.10. The van der Waals surface area contributed by atoms with Crippen molar-refractivity contribution in [1.29, 1.82) is 0 Å². The fraction of sp³-hybridized carbons (Fsp3) is 0.211. The van der Waals surface area contributed by atoms with E-state index in [9.17, 15) is 0 Å². The molecule has 0 radical (unpaired) electrons. The molecule has 54 heavy (non-hydrogen) atoms. The highest BCUT2D eigenvalue weighted by atomic mass is 16.5. The maximum Gasteiger partial charge on any atom is 0.204 e. The van der Waals surface area contributed by atoms with Gasteiger partial charge in [-0.1, -0.05) is 84.9 Å². The minimum atomic E-state index is 0.325. The summed E-state index contributed by atoms with van der Waals surface area (Å²) in [5.41, 5.74) is 3.53. The third-order valence-electron chi connectivity index (χ3n) is 8.38. The lowest BCUT2D eigenvalue weighted by Gasteiger charge is -2.08. The zero-order valence-electron chi connectivity index (χ0n) is 29.2. The van der Waals surface area contributed by atoms with E-state index < -0.39 is 0 Å². The van der Waals surface area contributed by atoms with Crippen LogP contribution in [0.15, 0.2) is 109 Å². The highest BCUT2D eigenvalue weighted by Gasteiger charge is 2.13. The van der Waals surface area contributed by atoms with E-state index in [1.54, 1.807) is 0 Å². The van der Waals surface area contributed by atoms with Gasteiger partial charge >= 0.3 is 0 Å². The minimum Gasteiger partial charge on any atom is -0.494 e. The molecule has 0 fully saturated rings. The number of nitrogens with one attached hydrogen (secondary N) is 2. The van der Waals surface area contributed by atoms with Gasteiger partial charge in [-0.3, -0.25) is 10.2 Å². The molecule has 16 nitrogen and oxygen atoms in total. The van der Waals surface area contributed by atoms with Gasteiger partial charge in [0.15, 0.2) is 11.6 Å². The number of tetrazole rings is 2. The number of hydrogen-bond acceptors (Lipinski definition) is 12. The lowest BCUT2D eigenvalue weighted by molar-refractivity contribution is 0.287. The second-order valence-corrected chi connectivity index (χ2v) is 12.4. The van der Waals surface area contributed by atoms with Crippen LogP contribution in [0.5, 0.6) is 11.5 Å². The van der Waals surface area contributed by atoms with E-state index in [4.69, 9.17) is 9.47 Å². The molecule has 0 aliphatic heterocycles. The first-order chi connectivity index (χ1) is 26.7. The fourth-order valence-corrected chi connectivity index (χ4v) is 5.67. The Balaban J connectivity index is 0.739. The van der Waals surface area contributed by atoms with Crippen molar-refractivity contribution >= 4 is 0 Å². The first-order valence-corrected chi connectivity index (χ1v) is 17.7. The standard InChI is InChI=1S/C38H36N14O2/c1(9-21-53-31-19-11-17-29(23-31)35-39-33(41-43-35)25-51-47-37(45-49-51)27-13-5-3-6-14-27)2-10-22-54-32-20-12-18-30(24-32)36-40-34(42-44-36)26-52-48-38(46-50-52)28-15-7-4-8-16-28/h3-8,11-20,23-24H,1-2,9-10,21-22,25-26H2,(H,39,41,43)(H,40,42,44). The van der Waals surface area contributed by atoms with Gasteiger partial charge in [0.25, 0.3) is 0 Å². The molecule has 0 unspecified atom stereocenters. The number of nitrogens with zero attached hydrogens (tertiary/aromatic N) is 12. The summed E-state index contributed by atoms with van der Waals surface area (Å²) >= 11 is 0. The second-order valence-electron chi connectivity index (χ2n) is 12.4. The van der Waals surface area contributed by atoms with Crippen molar-refractivity contribution in [3.05, 3.63) is 121 Å². The van der Waals surface area contributed by atoms with Crippen LogP contribution < -0.4 is 9.47 Å². The normalized spacial score (nSPS) is 11.2. The number of unbranched alkanes of at least 4 members (excludes halogenated alkanes) is 3. The molecule has 0 aliphatic rings. The summed E-state index contributed by atoms with van der Waals surface area (Å²) in [5, 5.41) is 40.2. The molecule has 0 saturated carbocycles. The smallest absolute Gasteiger partial charge is 0.204 e. The molecule has 8 aromatic rings. The van der Waals surface area contributed by atoms with Gasteiger partial charge in [0.05, 0.1) is 13.2 Å². The topological polar surface area (TPSA) is 189 Å². The number of H-pyrrole nitrogens is 2. The van der Waals surface area contributed by atoms with Crippen LogP contribution in [-0.2, 0) is 13.1 Å². The van der Waals surface area contributed by atoms with E-state index in [0.717, 1.165) is 59.4 Å². The largest absolute Gasteiger partial charge is 0.494 e. The zero-order valence-corrected chi connectivity index (χ0v) is 29.2. The molecular weight excluding hydrogens is 685 g/mol. The fourth-order valence-electron chi connectivity index (χ4n) is 5.67. The van der Waals surface area contributed by atoms with Crippen molar-refractivity contribution in [2.24, 2.45) is 0 Å². The number of hydrogen-bond donors (Lipinski definition) is 2. The van der Waals surface area contributed by atoms with Gasteiger partial charge < -0.3 is 9.47 Å². The van der Waals surface area contributed by atoms with Gasteiger partial charge in [0.2, 0.25) is 11.6 Å². The van der Waals surface area contributed by atoms with Crippen LogP contribution in [-0.4, -0.2) is 84.0 Å². The van der Waals surface area contributed by atoms with Gasteiger partial charge in [-0.25, -0.2) is 9.97 Å². The van der Waals surface area contributed by atoms with Crippen molar-refractivity contribution in [1.82, 2.24) is 70.8 Å². The summed E-state index contributed by atoms with van der Waals surface area (Å²) in [6, 6.07) is 35.0. The lowest BCUT2D eigenvalue weighted by atomic mass is 10.2. The van der Waals surface area contributed by atoms with Crippen LogP contribution in [0, 0.1) is 0 Å². The van der Waals surface area contributed by atoms with Gasteiger partial charge in [-0.2, -0.15) is 19.8 Å². The molecule has 0 spiro atoms. The number of aromatic amines is 2. The molecule has 270 valence electrons. The third kappa shape index (κ3) is 8.67. The van der Waals surface area contributed by atoms with Crippen molar-refractivity contribution < 1.29 is 9.47 Å². The lowest BCUT2D eigenvalue weighted by Crippen LogP contribution is -2.05. The van der Waals surface area contributed by atoms with Crippen molar-refractivity contribution in [3.8, 4) is 57.1 Å². The molecule has 4 aromatic heterocycles. The van der Waals surface area contributed by atoms with Crippen LogP contribution in [0.3, 0.4) is 0 Å². The van der Waals surface area contributed by atoms with Crippen LogP contribution in [0.25, 0.3) is 45.6 Å². The minimum absolute atomic E-state index is 0.325. The molecule has 0 bridgehead atoms. The van der Waals surface area contributed by atoms with Crippen molar-refractivity contribution in [2.45, 2.75) is 38.8 Å². The second kappa shape index (κ2) is 16.5. The zero-order chi connectivity index (χ0) is 36.4. The molecule has 8 rings (SSSR count). The van der Waals surface area contributed by atoms with E-state index in [1.165, 1.54) is 9.59 Å². The Bertz CT molecular complexity index is 2220. The quantitative estimate of drug-likeness (QED) is 0.110. The first kappa shape index (κ1) is 34.0. The summed E-state index contributed by atoms with van der Waals surface area (Å²) in [6.45, 7) is 1.89. The van der Waals surface area contributed by atoms with E-state index in [2.05, 4.69) is 61.2 Å². The summed E-state index contributed by atoms with van der Waals surface area (Å²) < 4.78 is 12.1. The predicted octanol–water partition coefficient (Wildman–Crippen LogP) is 5.68. The SMILES string of the molecule is c1ccc(-c2nnn(Cc3nc(-c4cccc(OCCCCCCOc5cccc(-c6n[nH]c(Cn7nnc(-c8ccccc8)n7)n6)c5)c4)n[nH]3)n2)cc1. The monoisotopic (exact) mass is 720 g/mol. The Morgan fingerprint density at radius 3 is 1.37 bits per heavy atom. The first-order valence-electron chi connectivity index (χ1n) is 17.7. The Kier molecular flexibility index (Phi) is 10.4. The summed E-state index contributed by atoms with van der Waals surface area (Å²) in [4.78, 5) is 12.2. The summed E-state index contributed by atoms with van der Waals surface area (Å²) in [6.07, 6.45) is 3.93. The Morgan fingerprint density at radius 2 is 0.907 bits per heavy atom. The molecule has 0 atom stereocenters. The van der Waals surface area contributed by atoms with E-state index in [1.807, 2.05) is 109 Å². The molecule has 4 aromatic carbocycles. The van der Waals surface area contributed by atoms with Gasteiger partial charge in [0.1, 0.15) is 36.2 Å². The number of ether oxygens (including phenoxy) is 2. The number of rotatable bonds is 17. The molecular formula is C38H36N14O2. The van der Waals surface area contributed by atoms with Crippen LogP contribution in [0.1, 0.15) is 37.3 Å². The molecule has 2 N–H and O–H groups in total. The van der Waals surface area contributed by atoms with Gasteiger partial charge in [0, 0.05) is 22.3 Å². The molecule has 16 heteroatoms. The van der Waals surface area contributed by atoms with Crippen molar-refractivity contribution in [3.63, 3.8) is 0 Å². The Labute approximate surface area is 309 Å². The Morgan fingerprint density at radius 1 is 0.463 bits per heavy atom. The van der Waals surface area contributed by atoms with Gasteiger partial charge in [-0.05, 0) is 60.4 Å². The average molecular weight is 721 g/mol. The highest BCUT2D eigenvalue weighted by molar-refractivity contribution is 5.58. The summed E-state index contributed by atoms with van der Waals surface area (Å²) in [7, 11) is 0. The molecule has 0 aliphatic carbocycles. The van der Waals surface area contributed by atoms with E-state index in [0.29, 0.717) is 61.2 Å². The van der Waals surface area contributed by atoms with Crippen LogP contribution >= 0.6 is 0 Å². The molecule has 4 heterocycles. The van der Waals surface area contributed by atoms with Crippen molar-refractivity contribution in [2.75, 3.05) is 13.2 Å². The third-order valence-corrected chi connectivity index (χ3v) is 8.38. The van der Waals surface area contributed by atoms with Crippen LogP contribution in [0.4, 0.5) is 0 Å². The maximum absolute atomic E-state index is 6.05. The predicted molar refractivity (Wildman–Crippen MR) is 198 cm³/mol. The summed E-state index contributed by atoms with van der Waals surface area (Å²) in [5.74, 6) is 5.09. The molecule has 0 saturated heterocycles. The maximum atomic E-state index is 6.05. The number of benzene rings is 4. The van der Waals surface area contributed by atoms with Gasteiger partial charge in [-0.15, -0.1) is 20.4 Å².